The Kier molecular flexibility index (Phi) is 5.38. The van der Waals surface area contributed by atoms with Gasteiger partial charge >= 0.3 is 0 Å². The Labute approximate surface area is 170 Å². The number of hydrogen-bond acceptors (Lipinski definition) is 4. The smallest absolute Gasteiger partial charge is 0.246 e. The molecule has 0 N–H and O–H groups in total. The molecule has 0 unspecified atom stereocenters. The molecule has 6 nitrogen and oxygen atoms in total. The van der Waals surface area contributed by atoms with E-state index in [1.165, 1.54) is 10.4 Å². The van der Waals surface area contributed by atoms with Crippen molar-refractivity contribution in [3.05, 3.63) is 77.9 Å². The summed E-state index contributed by atoms with van der Waals surface area (Å²) >= 11 is 0. The molecule has 2 aromatic carbocycles. The summed E-state index contributed by atoms with van der Waals surface area (Å²) in [6.07, 6.45) is 1.60. The number of aryl methyl sites for hydroxylation is 1. The number of halogens is 1. The second-order valence-electron chi connectivity index (χ2n) is 7.10. The molecule has 0 atom stereocenters. The monoisotopic (exact) mass is 414 g/mol. The highest BCUT2D eigenvalue weighted by Gasteiger charge is 2.31. The molecule has 8 heteroatoms. The Bertz CT molecular complexity index is 1090. The van der Waals surface area contributed by atoms with E-state index < -0.39 is 10.0 Å². The third-order valence-corrected chi connectivity index (χ3v) is 7.14. The average molecular weight is 415 g/mol. The van der Waals surface area contributed by atoms with Gasteiger partial charge < -0.3 is 4.90 Å². The lowest BCUT2D eigenvalue weighted by atomic mass is 10.2. The molecule has 1 aliphatic rings. The lowest BCUT2D eigenvalue weighted by molar-refractivity contribution is 0.383. The number of sulfonamides is 1. The number of rotatable bonds is 5. The standard InChI is InChI=1S/C21H23FN4O2S/c1-17-21(16-25(23-17)15-18-7-3-2-4-8-18)29(27,28)26-13-11-24(12-14-26)20-10-6-5-9-19(20)22/h2-10,16H,11-15H2,1H3. The predicted molar refractivity (Wildman–Crippen MR) is 110 cm³/mol. The van der Waals surface area contributed by atoms with Gasteiger partial charge in [0.1, 0.15) is 10.7 Å². The van der Waals surface area contributed by atoms with Crippen LogP contribution in [0.15, 0.2) is 65.7 Å². The molecule has 29 heavy (non-hydrogen) atoms. The number of benzene rings is 2. The van der Waals surface area contributed by atoms with Crippen LogP contribution in [0.1, 0.15) is 11.3 Å². The van der Waals surface area contributed by atoms with E-state index in [1.807, 2.05) is 35.2 Å². The summed E-state index contributed by atoms with van der Waals surface area (Å²) < 4.78 is 43.5. The Hall–Kier alpha value is -2.71. The van der Waals surface area contributed by atoms with Crippen molar-refractivity contribution in [3.63, 3.8) is 0 Å². The van der Waals surface area contributed by atoms with Gasteiger partial charge in [0.25, 0.3) is 0 Å². The summed E-state index contributed by atoms with van der Waals surface area (Å²) in [7, 11) is -3.65. The Morgan fingerprint density at radius 3 is 2.31 bits per heavy atom. The quantitative estimate of drug-likeness (QED) is 0.644. The zero-order chi connectivity index (χ0) is 20.4. The van der Waals surface area contributed by atoms with Gasteiger partial charge in [-0.25, -0.2) is 12.8 Å². The molecule has 1 aliphatic heterocycles. The van der Waals surface area contributed by atoms with Crippen LogP contribution in [0.5, 0.6) is 0 Å². The maximum Gasteiger partial charge on any atom is 0.246 e. The first-order chi connectivity index (χ1) is 13.9. The van der Waals surface area contributed by atoms with Crippen LogP contribution in [0.3, 0.4) is 0 Å². The molecule has 0 amide bonds. The van der Waals surface area contributed by atoms with E-state index in [-0.39, 0.29) is 10.7 Å². The summed E-state index contributed by atoms with van der Waals surface area (Å²) in [5, 5.41) is 4.39. The van der Waals surface area contributed by atoms with E-state index in [0.717, 1.165) is 5.56 Å². The van der Waals surface area contributed by atoms with Gasteiger partial charge in [-0.2, -0.15) is 9.40 Å². The van der Waals surface area contributed by atoms with Crippen molar-refractivity contribution in [2.45, 2.75) is 18.4 Å². The first-order valence-electron chi connectivity index (χ1n) is 9.53. The molecule has 152 valence electrons. The van der Waals surface area contributed by atoms with Gasteiger partial charge in [-0.3, -0.25) is 4.68 Å². The van der Waals surface area contributed by atoms with Crippen LogP contribution >= 0.6 is 0 Å². The summed E-state index contributed by atoms with van der Waals surface area (Å²) in [5.41, 5.74) is 2.05. The van der Waals surface area contributed by atoms with E-state index in [0.29, 0.717) is 44.1 Å². The molecule has 1 saturated heterocycles. The maximum atomic E-state index is 14.0. The lowest BCUT2D eigenvalue weighted by Crippen LogP contribution is -2.49. The van der Waals surface area contributed by atoms with Gasteiger partial charge in [-0.15, -0.1) is 0 Å². The summed E-state index contributed by atoms with van der Waals surface area (Å²) in [4.78, 5) is 2.11. The van der Waals surface area contributed by atoms with Crippen LogP contribution in [0.25, 0.3) is 0 Å². The summed E-state index contributed by atoms with van der Waals surface area (Å²) in [6, 6.07) is 16.4. The van der Waals surface area contributed by atoms with Gasteiger partial charge in [0.2, 0.25) is 10.0 Å². The van der Waals surface area contributed by atoms with Gasteiger partial charge in [-0.05, 0) is 24.6 Å². The third-order valence-electron chi connectivity index (χ3n) is 5.14. The van der Waals surface area contributed by atoms with Crippen molar-refractivity contribution in [1.29, 1.82) is 0 Å². The summed E-state index contributed by atoms with van der Waals surface area (Å²) in [5.74, 6) is -0.290. The van der Waals surface area contributed by atoms with Crippen molar-refractivity contribution in [3.8, 4) is 0 Å². The van der Waals surface area contributed by atoms with E-state index in [1.54, 1.807) is 36.0 Å². The Balaban J connectivity index is 1.49. The van der Waals surface area contributed by atoms with Crippen molar-refractivity contribution in [2.24, 2.45) is 0 Å². The van der Waals surface area contributed by atoms with Crippen LogP contribution in [-0.2, 0) is 16.6 Å². The second-order valence-corrected chi connectivity index (χ2v) is 9.01. The van der Waals surface area contributed by atoms with Crippen LogP contribution in [0, 0.1) is 12.7 Å². The van der Waals surface area contributed by atoms with Crippen LogP contribution in [-0.4, -0.2) is 48.7 Å². The second kappa shape index (κ2) is 7.96. The van der Waals surface area contributed by atoms with Gasteiger partial charge in [0.05, 0.1) is 17.9 Å². The summed E-state index contributed by atoms with van der Waals surface area (Å²) in [6.45, 7) is 3.72. The third kappa shape index (κ3) is 4.04. The number of aromatic nitrogens is 2. The zero-order valence-electron chi connectivity index (χ0n) is 16.2. The average Bonchev–Trinajstić information content (AvgIpc) is 3.10. The van der Waals surface area contributed by atoms with Crippen LogP contribution in [0.2, 0.25) is 0 Å². The molecule has 0 radical (unpaired) electrons. The normalized spacial score (nSPS) is 15.6. The number of anilines is 1. The molecule has 0 spiro atoms. The highest BCUT2D eigenvalue weighted by atomic mass is 32.2. The molecule has 1 fully saturated rings. The largest absolute Gasteiger partial charge is 0.367 e. The van der Waals surface area contributed by atoms with E-state index in [4.69, 9.17) is 0 Å². The van der Waals surface area contributed by atoms with Gasteiger partial charge in [-0.1, -0.05) is 42.5 Å². The van der Waals surface area contributed by atoms with Crippen molar-refractivity contribution < 1.29 is 12.8 Å². The number of hydrogen-bond donors (Lipinski definition) is 0. The van der Waals surface area contributed by atoms with Crippen LogP contribution < -0.4 is 4.90 Å². The highest BCUT2D eigenvalue weighted by Crippen LogP contribution is 2.24. The number of piperazine rings is 1. The molecule has 2 heterocycles. The molecule has 0 bridgehead atoms. The fraction of sp³-hybridized carbons (Fsp3) is 0.286. The topological polar surface area (TPSA) is 58.4 Å². The number of para-hydroxylation sites is 1. The van der Waals surface area contributed by atoms with Crippen molar-refractivity contribution in [2.75, 3.05) is 31.1 Å². The minimum Gasteiger partial charge on any atom is -0.367 e. The Morgan fingerprint density at radius 1 is 0.966 bits per heavy atom. The molecule has 4 rings (SSSR count). The zero-order valence-corrected chi connectivity index (χ0v) is 17.0. The Morgan fingerprint density at radius 2 is 1.62 bits per heavy atom. The predicted octanol–water partition coefficient (Wildman–Crippen LogP) is 2.89. The first kappa shape index (κ1) is 19.6. The maximum absolute atomic E-state index is 14.0. The first-order valence-corrected chi connectivity index (χ1v) is 11.0. The van der Waals surface area contributed by atoms with Crippen molar-refractivity contribution >= 4 is 15.7 Å². The number of nitrogens with zero attached hydrogens (tertiary/aromatic N) is 4. The molecule has 0 aliphatic carbocycles. The minimum absolute atomic E-state index is 0.229. The minimum atomic E-state index is -3.65. The molecular formula is C21H23FN4O2S. The molecule has 0 saturated carbocycles. The molecule has 3 aromatic rings. The highest BCUT2D eigenvalue weighted by molar-refractivity contribution is 7.89. The van der Waals surface area contributed by atoms with E-state index >= 15 is 0 Å². The van der Waals surface area contributed by atoms with Gasteiger partial charge in [0, 0.05) is 32.4 Å². The fourth-order valence-corrected chi connectivity index (χ4v) is 5.21. The SMILES string of the molecule is Cc1nn(Cc2ccccc2)cc1S(=O)(=O)N1CCN(c2ccccc2F)CC1. The van der Waals surface area contributed by atoms with Gasteiger partial charge in [0.15, 0.2) is 0 Å². The fourth-order valence-electron chi connectivity index (χ4n) is 3.62. The lowest BCUT2D eigenvalue weighted by Gasteiger charge is -2.35. The molecule has 1 aromatic heterocycles. The molecular weight excluding hydrogens is 391 g/mol. The van der Waals surface area contributed by atoms with Crippen LogP contribution in [0.4, 0.5) is 10.1 Å². The van der Waals surface area contributed by atoms with E-state index in [2.05, 4.69) is 5.10 Å². The van der Waals surface area contributed by atoms with Crippen molar-refractivity contribution in [1.82, 2.24) is 14.1 Å². The van der Waals surface area contributed by atoms with E-state index in [9.17, 15) is 12.8 Å².